The largest absolute Gasteiger partial charge is 0.491 e. The van der Waals surface area contributed by atoms with E-state index in [9.17, 15) is 9.59 Å². The number of nitrogens with one attached hydrogen (secondary N) is 1. The fourth-order valence-corrected chi connectivity index (χ4v) is 3.74. The van der Waals surface area contributed by atoms with Gasteiger partial charge in [-0.25, -0.2) is 14.0 Å². The van der Waals surface area contributed by atoms with Crippen molar-refractivity contribution in [3.8, 4) is 11.4 Å². The summed E-state index contributed by atoms with van der Waals surface area (Å²) in [5.41, 5.74) is 1.59. The molecule has 0 fully saturated rings. The maximum Gasteiger partial charge on any atom is 0.351 e. The quantitative estimate of drug-likeness (QED) is 0.314. The molecule has 9 nitrogen and oxygen atoms in total. The number of carbonyl (C=O) groups excluding carboxylic acids is 1. The highest BCUT2D eigenvalue weighted by Crippen LogP contribution is 2.26. The van der Waals surface area contributed by atoms with E-state index in [0.29, 0.717) is 30.0 Å². The van der Waals surface area contributed by atoms with Gasteiger partial charge in [-0.1, -0.05) is 17.7 Å². The Morgan fingerprint density at radius 3 is 2.53 bits per heavy atom. The number of aliphatic imine (C=N–C) groups is 1. The van der Waals surface area contributed by atoms with E-state index in [-0.39, 0.29) is 29.4 Å². The molecule has 0 bridgehead atoms. The van der Waals surface area contributed by atoms with E-state index in [4.69, 9.17) is 16.3 Å². The standard InChI is InChI=1S/C26H29ClN6O3/c1-5-22(23(27)16-28-4)25-31-32(17-24(34)30-15-12-19-10-13-29-14-11-19)26(35)33(25)20-6-8-21(9-7-20)36-18(2)3/h5-11,13-14,16,18H,4,12,15,17H2,1-3H3,(H,30,34)/b22-5+,23-16+. The molecule has 0 aliphatic heterocycles. The molecule has 0 aliphatic carbocycles. The van der Waals surface area contributed by atoms with Gasteiger partial charge in [0, 0.05) is 30.7 Å². The number of benzene rings is 1. The van der Waals surface area contributed by atoms with Crippen molar-refractivity contribution in [2.75, 3.05) is 6.54 Å². The molecule has 0 radical (unpaired) electrons. The minimum Gasteiger partial charge on any atom is -0.491 e. The summed E-state index contributed by atoms with van der Waals surface area (Å²) in [6, 6.07) is 10.8. The minimum absolute atomic E-state index is 0.0129. The monoisotopic (exact) mass is 508 g/mol. The zero-order valence-corrected chi connectivity index (χ0v) is 21.3. The van der Waals surface area contributed by atoms with Crippen LogP contribution in [-0.4, -0.2) is 44.6 Å². The number of halogens is 1. The molecule has 0 saturated heterocycles. The molecule has 2 aromatic heterocycles. The van der Waals surface area contributed by atoms with Crippen LogP contribution >= 0.6 is 11.6 Å². The van der Waals surface area contributed by atoms with Crippen LogP contribution in [-0.2, 0) is 17.8 Å². The predicted molar refractivity (Wildman–Crippen MR) is 142 cm³/mol. The van der Waals surface area contributed by atoms with Crippen LogP contribution in [0.1, 0.15) is 32.2 Å². The first-order valence-electron chi connectivity index (χ1n) is 11.4. The fraction of sp³-hybridized carbons (Fsp3) is 0.269. The van der Waals surface area contributed by atoms with Gasteiger partial charge in [0.1, 0.15) is 12.3 Å². The second-order valence-electron chi connectivity index (χ2n) is 8.08. The summed E-state index contributed by atoms with van der Waals surface area (Å²) in [5.74, 6) is 0.610. The third kappa shape index (κ3) is 6.79. The highest BCUT2D eigenvalue weighted by Gasteiger charge is 2.21. The lowest BCUT2D eigenvalue weighted by Crippen LogP contribution is -2.34. The van der Waals surface area contributed by atoms with Gasteiger partial charge in [0.25, 0.3) is 0 Å². The van der Waals surface area contributed by atoms with Crippen LogP contribution in [0, 0.1) is 0 Å². The van der Waals surface area contributed by atoms with Crippen molar-refractivity contribution >= 4 is 29.8 Å². The van der Waals surface area contributed by atoms with Gasteiger partial charge in [0.15, 0.2) is 5.82 Å². The minimum atomic E-state index is -0.484. The van der Waals surface area contributed by atoms with Gasteiger partial charge in [0.2, 0.25) is 5.91 Å². The van der Waals surface area contributed by atoms with E-state index in [0.717, 1.165) is 10.2 Å². The van der Waals surface area contributed by atoms with Gasteiger partial charge in [-0.2, -0.15) is 0 Å². The lowest BCUT2D eigenvalue weighted by Gasteiger charge is -2.11. The van der Waals surface area contributed by atoms with Crippen LogP contribution < -0.4 is 15.7 Å². The Labute approximate surface area is 214 Å². The Hall–Kier alpha value is -3.98. The number of ether oxygens (including phenoxy) is 1. The molecular weight excluding hydrogens is 480 g/mol. The van der Waals surface area contributed by atoms with Crippen LogP contribution in [0.4, 0.5) is 0 Å². The number of amides is 1. The molecule has 0 unspecified atom stereocenters. The average molecular weight is 509 g/mol. The molecule has 0 atom stereocenters. The van der Waals surface area contributed by atoms with E-state index in [2.05, 4.69) is 27.1 Å². The lowest BCUT2D eigenvalue weighted by atomic mass is 10.2. The lowest BCUT2D eigenvalue weighted by molar-refractivity contribution is -0.121. The van der Waals surface area contributed by atoms with Crippen LogP contribution in [0.5, 0.6) is 5.75 Å². The number of allylic oxidation sites excluding steroid dienone is 3. The molecule has 1 N–H and O–H groups in total. The van der Waals surface area contributed by atoms with Crippen molar-refractivity contribution in [1.82, 2.24) is 24.6 Å². The smallest absolute Gasteiger partial charge is 0.351 e. The molecule has 1 amide bonds. The maximum atomic E-state index is 13.4. The first kappa shape index (κ1) is 26.6. The van der Waals surface area contributed by atoms with Gasteiger partial charge in [-0.05, 0) is 75.9 Å². The van der Waals surface area contributed by atoms with Crippen molar-refractivity contribution in [3.63, 3.8) is 0 Å². The molecule has 3 rings (SSSR count). The van der Waals surface area contributed by atoms with Crippen LogP contribution in [0.3, 0.4) is 0 Å². The third-order valence-corrected chi connectivity index (χ3v) is 5.38. The van der Waals surface area contributed by atoms with Gasteiger partial charge in [-0.15, -0.1) is 5.10 Å². The number of hydrogen-bond donors (Lipinski definition) is 1. The molecule has 0 spiro atoms. The van der Waals surface area contributed by atoms with Crippen molar-refractivity contribution in [2.24, 2.45) is 4.99 Å². The van der Waals surface area contributed by atoms with E-state index in [1.165, 1.54) is 10.8 Å². The van der Waals surface area contributed by atoms with Crippen LogP contribution in [0.15, 0.2) is 75.9 Å². The number of hydrogen-bond acceptors (Lipinski definition) is 6. The molecule has 3 aromatic rings. The van der Waals surface area contributed by atoms with Crippen molar-refractivity contribution in [2.45, 2.75) is 39.8 Å². The highest BCUT2D eigenvalue weighted by molar-refractivity contribution is 6.36. The zero-order valence-electron chi connectivity index (χ0n) is 20.5. The van der Waals surface area contributed by atoms with Gasteiger partial charge < -0.3 is 10.1 Å². The van der Waals surface area contributed by atoms with E-state index >= 15 is 0 Å². The predicted octanol–water partition coefficient (Wildman–Crippen LogP) is 3.76. The van der Waals surface area contributed by atoms with Gasteiger partial charge in [0.05, 0.1) is 16.8 Å². The molecule has 188 valence electrons. The zero-order chi connectivity index (χ0) is 26.1. The Balaban J connectivity index is 1.91. The van der Waals surface area contributed by atoms with Gasteiger partial charge in [-0.3, -0.25) is 14.8 Å². The number of nitrogens with zero attached hydrogens (tertiary/aromatic N) is 5. The van der Waals surface area contributed by atoms with E-state index < -0.39 is 5.69 Å². The van der Waals surface area contributed by atoms with E-state index in [1.54, 1.807) is 49.7 Å². The highest BCUT2D eigenvalue weighted by atomic mass is 35.5. The Kier molecular flexibility index (Phi) is 9.35. The number of rotatable bonds is 11. The van der Waals surface area contributed by atoms with Crippen molar-refractivity contribution < 1.29 is 9.53 Å². The molecule has 36 heavy (non-hydrogen) atoms. The van der Waals surface area contributed by atoms with Crippen molar-refractivity contribution in [1.29, 1.82) is 0 Å². The summed E-state index contributed by atoms with van der Waals surface area (Å²) in [4.78, 5) is 33.7. The molecule has 1 aromatic carbocycles. The first-order valence-corrected chi connectivity index (χ1v) is 11.8. The molecular formula is C26H29ClN6O3. The first-order chi connectivity index (χ1) is 17.3. The molecule has 10 heteroatoms. The molecule has 2 heterocycles. The fourth-order valence-electron chi connectivity index (χ4n) is 3.47. The second kappa shape index (κ2) is 12.6. The SMILES string of the molecule is C=N/C=C(Cl)\C(=C/C)c1nn(CC(=O)NCCc2ccncc2)c(=O)n1-c1ccc(OC(C)C)cc1. The molecule has 0 saturated carbocycles. The van der Waals surface area contributed by atoms with Crippen LogP contribution in [0.2, 0.25) is 0 Å². The number of aromatic nitrogens is 4. The summed E-state index contributed by atoms with van der Waals surface area (Å²) in [6.07, 6.45) is 7.15. The Morgan fingerprint density at radius 2 is 1.92 bits per heavy atom. The topological polar surface area (TPSA) is 103 Å². The molecule has 0 aliphatic rings. The average Bonchev–Trinajstić information content (AvgIpc) is 3.16. The Bertz CT molecular complexity index is 1310. The normalized spacial score (nSPS) is 12.0. The summed E-state index contributed by atoms with van der Waals surface area (Å²) >= 11 is 6.41. The summed E-state index contributed by atoms with van der Waals surface area (Å²) in [7, 11) is 0. The van der Waals surface area contributed by atoms with Crippen LogP contribution in [0.25, 0.3) is 11.3 Å². The maximum absolute atomic E-state index is 13.4. The number of carbonyl (C=O) groups is 1. The van der Waals surface area contributed by atoms with E-state index in [1.807, 2.05) is 26.0 Å². The number of pyridine rings is 1. The Morgan fingerprint density at radius 1 is 1.22 bits per heavy atom. The summed E-state index contributed by atoms with van der Waals surface area (Å²) in [6.45, 7) is 9.24. The summed E-state index contributed by atoms with van der Waals surface area (Å²) in [5, 5.41) is 7.53. The van der Waals surface area contributed by atoms with Gasteiger partial charge >= 0.3 is 5.69 Å². The third-order valence-electron chi connectivity index (χ3n) is 5.08. The second-order valence-corrected chi connectivity index (χ2v) is 8.48. The van der Waals surface area contributed by atoms with Crippen molar-refractivity contribution in [3.05, 3.63) is 88.0 Å². The summed E-state index contributed by atoms with van der Waals surface area (Å²) < 4.78 is 8.22.